The van der Waals surface area contributed by atoms with Gasteiger partial charge in [-0.2, -0.15) is 0 Å². The van der Waals surface area contributed by atoms with Crippen LogP contribution in [0.15, 0.2) is 33.6 Å². The van der Waals surface area contributed by atoms with Crippen molar-refractivity contribution in [3.63, 3.8) is 0 Å². The maximum Gasteiger partial charge on any atom is 0.329 e. The second-order valence-corrected chi connectivity index (χ2v) is 5.51. The van der Waals surface area contributed by atoms with E-state index in [-0.39, 0.29) is 19.1 Å². The van der Waals surface area contributed by atoms with Gasteiger partial charge in [0.25, 0.3) is 0 Å². The standard InChI is InChI=1S/C12H14BrNO4S/c13-9-2-1-3-10(6-9)19-8-11(15)14-4-5-18-7-12(16)17/h1-3,6H,4-5,7-8H2,(H,14,15)(H,16,17). The fraction of sp³-hybridized carbons (Fsp3) is 0.333. The van der Waals surface area contributed by atoms with Crippen LogP contribution in [0.4, 0.5) is 0 Å². The number of ether oxygens (including phenoxy) is 1. The largest absolute Gasteiger partial charge is 0.480 e. The quantitative estimate of drug-likeness (QED) is 0.553. The van der Waals surface area contributed by atoms with Crippen LogP contribution in [0, 0.1) is 0 Å². The lowest BCUT2D eigenvalue weighted by molar-refractivity contribution is -0.142. The summed E-state index contributed by atoms with van der Waals surface area (Å²) < 4.78 is 5.77. The summed E-state index contributed by atoms with van der Waals surface area (Å²) in [6.45, 7) is 0.160. The fourth-order valence-electron chi connectivity index (χ4n) is 1.18. The molecule has 0 atom stereocenters. The Morgan fingerprint density at radius 1 is 1.42 bits per heavy atom. The van der Waals surface area contributed by atoms with Crippen LogP contribution in [0.1, 0.15) is 0 Å². The Labute approximate surface area is 123 Å². The van der Waals surface area contributed by atoms with Gasteiger partial charge in [0.15, 0.2) is 0 Å². The van der Waals surface area contributed by atoms with Crippen molar-refractivity contribution >= 4 is 39.6 Å². The molecule has 1 aromatic carbocycles. The van der Waals surface area contributed by atoms with Crippen molar-refractivity contribution in [1.82, 2.24) is 5.32 Å². The maximum atomic E-state index is 11.5. The van der Waals surface area contributed by atoms with Gasteiger partial charge in [0.2, 0.25) is 5.91 Å². The SMILES string of the molecule is O=C(O)COCCNC(=O)CSc1cccc(Br)c1. The van der Waals surface area contributed by atoms with Crippen LogP contribution in [0.25, 0.3) is 0 Å². The van der Waals surface area contributed by atoms with E-state index in [1.165, 1.54) is 11.8 Å². The molecule has 0 fully saturated rings. The maximum absolute atomic E-state index is 11.5. The molecule has 0 spiro atoms. The van der Waals surface area contributed by atoms with E-state index < -0.39 is 5.97 Å². The van der Waals surface area contributed by atoms with Crippen molar-refractivity contribution in [2.24, 2.45) is 0 Å². The van der Waals surface area contributed by atoms with Crippen molar-refractivity contribution < 1.29 is 19.4 Å². The lowest BCUT2D eigenvalue weighted by atomic mass is 10.4. The number of halogens is 1. The molecule has 0 aliphatic heterocycles. The van der Waals surface area contributed by atoms with Crippen LogP contribution in [-0.4, -0.2) is 42.5 Å². The van der Waals surface area contributed by atoms with E-state index in [0.29, 0.717) is 12.3 Å². The zero-order valence-corrected chi connectivity index (χ0v) is 12.5. The molecule has 19 heavy (non-hydrogen) atoms. The number of carbonyl (C=O) groups is 2. The third-order valence-corrected chi connectivity index (χ3v) is 3.45. The molecule has 104 valence electrons. The number of thioether (sulfide) groups is 1. The first-order valence-corrected chi connectivity index (χ1v) is 7.30. The zero-order chi connectivity index (χ0) is 14.1. The van der Waals surface area contributed by atoms with Gasteiger partial charge >= 0.3 is 5.97 Å². The lowest BCUT2D eigenvalue weighted by Gasteiger charge is -2.05. The molecule has 0 saturated heterocycles. The molecule has 1 amide bonds. The van der Waals surface area contributed by atoms with E-state index in [1.807, 2.05) is 24.3 Å². The minimum absolute atomic E-state index is 0.107. The molecule has 0 aliphatic carbocycles. The van der Waals surface area contributed by atoms with Gasteiger partial charge < -0.3 is 15.2 Å². The van der Waals surface area contributed by atoms with Crippen molar-refractivity contribution in [1.29, 1.82) is 0 Å². The van der Waals surface area contributed by atoms with Crippen molar-refractivity contribution in [3.05, 3.63) is 28.7 Å². The number of rotatable bonds is 8. The van der Waals surface area contributed by atoms with Crippen LogP contribution in [0.5, 0.6) is 0 Å². The van der Waals surface area contributed by atoms with Crippen LogP contribution < -0.4 is 5.32 Å². The number of carboxylic acids is 1. The summed E-state index contributed by atoms with van der Waals surface area (Å²) >= 11 is 4.80. The molecule has 2 N–H and O–H groups in total. The van der Waals surface area contributed by atoms with Gasteiger partial charge in [-0.05, 0) is 18.2 Å². The third kappa shape index (κ3) is 7.86. The predicted octanol–water partition coefficient (Wildman–Crippen LogP) is 1.76. The summed E-state index contributed by atoms with van der Waals surface area (Å²) in [5, 5.41) is 11.0. The van der Waals surface area contributed by atoms with E-state index >= 15 is 0 Å². The first-order chi connectivity index (χ1) is 9.08. The Morgan fingerprint density at radius 3 is 2.89 bits per heavy atom. The van der Waals surface area contributed by atoms with E-state index in [1.54, 1.807) is 0 Å². The van der Waals surface area contributed by atoms with Crippen molar-refractivity contribution in [3.8, 4) is 0 Å². The minimum Gasteiger partial charge on any atom is -0.480 e. The molecule has 1 aromatic rings. The fourth-order valence-corrected chi connectivity index (χ4v) is 2.51. The van der Waals surface area contributed by atoms with Gasteiger partial charge in [-0.1, -0.05) is 22.0 Å². The number of amides is 1. The monoisotopic (exact) mass is 347 g/mol. The molecule has 7 heteroatoms. The molecule has 0 unspecified atom stereocenters. The molecule has 5 nitrogen and oxygen atoms in total. The smallest absolute Gasteiger partial charge is 0.329 e. The molecule has 0 bridgehead atoms. The molecule has 0 saturated carbocycles. The van der Waals surface area contributed by atoms with Gasteiger partial charge in [0, 0.05) is 15.9 Å². The second kappa shape index (κ2) is 8.95. The Kier molecular flexibility index (Phi) is 7.54. The number of carbonyl (C=O) groups excluding carboxylic acids is 1. The highest BCUT2D eigenvalue weighted by Crippen LogP contribution is 2.21. The summed E-state index contributed by atoms with van der Waals surface area (Å²) in [5.74, 6) is -0.810. The average molecular weight is 348 g/mol. The van der Waals surface area contributed by atoms with Gasteiger partial charge in [0.1, 0.15) is 6.61 Å². The first kappa shape index (κ1) is 16.0. The Balaban J connectivity index is 2.13. The summed E-state index contributed by atoms with van der Waals surface area (Å²) in [6, 6.07) is 7.70. The summed E-state index contributed by atoms with van der Waals surface area (Å²) in [5.41, 5.74) is 0. The summed E-state index contributed by atoms with van der Waals surface area (Å²) in [6.07, 6.45) is 0. The summed E-state index contributed by atoms with van der Waals surface area (Å²) in [4.78, 5) is 22.7. The second-order valence-electron chi connectivity index (χ2n) is 3.54. The Bertz CT molecular complexity index is 441. The molecular weight excluding hydrogens is 334 g/mol. The highest BCUT2D eigenvalue weighted by Gasteiger charge is 2.03. The van der Waals surface area contributed by atoms with E-state index in [0.717, 1.165) is 9.37 Å². The minimum atomic E-state index is -1.02. The summed E-state index contributed by atoms with van der Waals surface area (Å²) in [7, 11) is 0. The van der Waals surface area contributed by atoms with Gasteiger partial charge in [-0.25, -0.2) is 4.79 Å². The van der Waals surface area contributed by atoms with E-state index in [9.17, 15) is 9.59 Å². The number of hydrogen-bond donors (Lipinski definition) is 2. The van der Waals surface area contributed by atoms with Crippen LogP contribution in [-0.2, 0) is 14.3 Å². The van der Waals surface area contributed by atoms with Crippen LogP contribution in [0.3, 0.4) is 0 Å². The molecule has 1 rings (SSSR count). The number of aliphatic carboxylic acids is 1. The Morgan fingerprint density at radius 2 is 2.21 bits per heavy atom. The van der Waals surface area contributed by atoms with Crippen LogP contribution in [0.2, 0.25) is 0 Å². The van der Waals surface area contributed by atoms with Gasteiger partial charge in [-0.15, -0.1) is 11.8 Å². The number of nitrogens with one attached hydrogen (secondary N) is 1. The van der Waals surface area contributed by atoms with E-state index in [2.05, 4.69) is 21.2 Å². The first-order valence-electron chi connectivity index (χ1n) is 5.52. The van der Waals surface area contributed by atoms with Gasteiger partial charge in [-0.3, -0.25) is 4.79 Å². The number of carboxylic acid groups (broad SMARTS) is 1. The normalized spacial score (nSPS) is 10.2. The molecule has 0 radical (unpaired) electrons. The predicted molar refractivity (Wildman–Crippen MR) is 76.3 cm³/mol. The zero-order valence-electron chi connectivity index (χ0n) is 10.1. The highest BCUT2D eigenvalue weighted by atomic mass is 79.9. The van der Waals surface area contributed by atoms with Crippen LogP contribution >= 0.6 is 27.7 Å². The molecular formula is C12H14BrNO4S. The third-order valence-electron chi connectivity index (χ3n) is 1.96. The van der Waals surface area contributed by atoms with Crippen molar-refractivity contribution in [2.75, 3.05) is 25.5 Å². The average Bonchev–Trinajstić information content (AvgIpc) is 2.35. The lowest BCUT2D eigenvalue weighted by Crippen LogP contribution is -2.29. The van der Waals surface area contributed by atoms with Gasteiger partial charge in [0.05, 0.1) is 12.4 Å². The molecule has 0 heterocycles. The number of hydrogen-bond acceptors (Lipinski definition) is 4. The molecule has 0 aromatic heterocycles. The highest BCUT2D eigenvalue weighted by molar-refractivity contribution is 9.10. The topological polar surface area (TPSA) is 75.6 Å². The Hall–Kier alpha value is -1.05. The number of benzene rings is 1. The van der Waals surface area contributed by atoms with Crippen molar-refractivity contribution in [2.45, 2.75) is 4.90 Å². The molecule has 0 aliphatic rings. The van der Waals surface area contributed by atoms with E-state index in [4.69, 9.17) is 9.84 Å².